The number of nitrogen functional groups attached to an aromatic ring is 1. The van der Waals surface area contributed by atoms with E-state index >= 15 is 0 Å². The van der Waals surface area contributed by atoms with Crippen LogP contribution in [0, 0.1) is 0 Å². The van der Waals surface area contributed by atoms with Gasteiger partial charge >= 0.3 is 0 Å². The highest BCUT2D eigenvalue weighted by Crippen LogP contribution is 2.35. The van der Waals surface area contributed by atoms with E-state index in [2.05, 4.69) is 5.16 Å². The normalized spacial score (nSPS) is 10.4. The first kappa shape index (κ1) is 12.3. The third-order valence-corrected chi connectivity index (χ3v) is 3.19. The van der Waals surface area contributed by atoms with Crippen molar-refractivity contribution in [2.24, 2.45) is 0 Å². The number of aromatic nitrogens is 1. The molecule has 1 aromatic heterocycles. The summed E-state index contributed by atoms with van der Waals surface area (Å²) in [6.07, 6.45) is 1.62. The largest absolute Gasteiger partial charge is 0.496 e. The van der Waals surface area contributed by atoms with Crippen molar-refractivity contribution in [3.8, 4) is 28.0 Å². The van der Waals surface area contributed by atoms with E-state index in [0.29, 0.717) is 5.88 Å². The SMILES string of the molecule is COc1ccc(-c2cnoc2N)cc1-c1ccccc1. The molecule has 2 aromatic carbocycles. The highest BCUT2D eigenvalue weighted by molar-refractivity contribution is 5.80. The molecule has 3 aromatic rings. The van der Waals surface area contributed by atoms with E-state index in [1.54, 1.807) is 13.3 Å². The number of hydrogen-bond acceptors (Lipinski definition) is 4. The smallest absolute Gasteiger partial charge is 0.229 e. The summed E-state index contributed by atoms with van der Waals surface area (Å²) in [6.45, 7) is 0. The molecule has 4 nitrogen and oxygen atoms in total. The third kappa shape index (κ3) is 2.12. The molecule has 0 fully saturated rings. The number of benzene rings is 2. The van der Waals surface area contributed by atoms with Gasteiger partial charge in [-0.2, -0.15) is 0 Å². The van der Waals surface area contributed by atoms with Crippen LogP contribution in [0.4, 0.5) is 5.88 Å². The molecule has 0 saturated heterocycles. The molecule has 0 aliphatic carbocycles. The Morgan fingerprint density at radius 2 is 1.80 bits per heavy atom. The molecule has 4 heteroatoms. The first-order valence-electron chi connectivity index (χ1n) is 6.23. The van der Waals surface area contributed by atoms with E-state index in [-0.39, 0.29) is 0 Å². The van der Waals surface area contributed by atoms with Crippen molar-refractivity contribution in [3.63, 3.8) is 0 Å². The van der Waals surface area contributed by atoms with Crippen LogP contribution < -0.4 is 10.5 Å². The van der Waals surface area contributed by atoms with Gasteiger partial charge in [-0.15, -0.1) is 0 Å². The summed E-state index contributed by atoms with van der Waals surface area (Å²) in [5.74, 6) is 1.13. The van der Waals surface area contributed by atoms with Gasteiger partial charge in [0.2, 0.25) is 5.88 Å². The second-order valence-corrected chi connectivity index (χ2v) is 4.38. The lowest BCUT2D eigenvalue weighted by atomic mass is 9.99. The molecule has 0 spiro atoms. The van der Waals surface area contributed by atoms with Crippen LogP contribution in [0.1, 0.15) is 0 Å². The summed E-state index contributed by atoms with van der Waals surface area (Å²) in [7, 11) is 1.66. The number of nitrogens with two attached hydrogens (primary N) is 1. The Morgan fingerprint density at radius 1 is 1.00 bits per heavy atom. The zero-order chi connectivity index (χ0) is 13.9. The molecule has 0 bridgehead atoms. The lowest BCUT2D eigenvalue weighted by molar-refractivity contribution is 0.416. The maximum Gasteiger partial charge on any atom is 0.229 e. The van der Waals surface area contributed by atoms with Gasteiger partial charge in [0.05, 0.1) is 18.9 Å². The summed E-state index contributed by atoms with van der Waals surface area (Å²) in [4.78, 5) is 0. The Bertz CT molecular complexity index is 720. The van der Waals surface area contributed by atoms with Crippen molar-refractivity contribution in [1.82, 2.24) is 5.16 Å². The number of anilines is 1. The lowest BCUT2D eigenvalue weighted by Gasteiger charge is -2.10. The van der Waals surface area contributed by atoms with E-state index in [9.17, 15) is 0 Å². The van der Waals surface area contributed by atoms with Crippen LogP contribution >= 0.6 is 0 Å². The fourth-order valence-corrected chi connectivity index (χ4v) is 2.18. The molecule has 0 saturated carbocycles. The van der Waals surface area contributed by atoms with Crippen LogP contribution in [0.15, 0.2) is 59.3 Å². The summed E-state index contributed by atoms with van der Waals surface area (Å²) < 4.78 is 10.3. The fourth-order valence-electron chi connectivity index (χ4n) is 2.18. The van der Waals surface area contributed by atoms with Gasteiger partial charge in [-0.25, -0.2) is 0 Å². The van der Waals surface area contributed by atoms with Crippen LogP contribution in [0.5, 0.6) is 5.75 Å². The van der Waals surface area contributed by atoms with Crippen molar-refractivity contribution < 1.29 is 9.26 Å². The Balaban J connectivity index is 2.15. The van der Waals surface area contributed by atoms with Gasteiger partial charge in [0.15, 0.2) is 0 Å². The van der Waals surface area contributed by atoms with E-state index in [4.69, 9.17) is 15.0 Å². The van der Waals surface area contributed by atoms with Gasteiger partial charge in [0.1, 0.15) is 5.75 Å². The van der Waals surface area contributed by atoms with Crippen LogP contribution in [-0.4, -0.2) is 12.3 Å². The molecule has 100 valence electrons. The minimum absolute atomic E-state index is 0.314. The second kappa shape index (κ2) is 5.09. The topological polar surface area (TPSA) is 61.3 Å². The Kier molecular flexibility index (Phi) is 3.13. The fraction of sp³-hybridized carbons (Fsp3) is 0.0625. The van der Waals surface area contributed by atoms with E-state index in [1.807, 2.05) is 48.5 Å². The van der Waals surface area contributed by atoms with Gasteiger partial charge in [0.25, 0.3) is 0 Å². The van der Waals surface area contributed by atoms with Crippen LogP contribution in [0.2, 0.25) is 0 Å². The minimum atomic E-state index is 0.314. The summed E-state index contributed by atoms with van der Waals surface area (Å²) >= 11 is 0. The summed E-state index contributed by atoms with van der Waals surface area (Å²) in [5.41, 5.74) is 9.59. The predicted molar refractivity (Wildman–Crippen MR) is 78.3 cm³/mol. The number of nitrogens with zero attached hydrogens (tertiary/aromatic N) is 1. The number of hydrogen-bond donors (Lipinski definition) is 1. The molecule has 2 N–H and O–H groups in total. The highest BCUT2D eigenvalue weighted by atomic mass is 16.5. The quantitative estimate of drug-likeness (QED) is 0.786. The Labute approximate surface area is 116 Å². The van der Waals surface area contributed by atoms with Crippen molar-refractivity contribution in [1.29, 1.82) is 0 Å². The maximum absolute atomic E-state index is 5.77. The first-order valence-corrected chi connectivity index (χ1v) is 6.23. The Morgan fingerprint density at radius 3 is 2.45 bits per heavy atom. The van der Waals surface area contributed by atoms with E-state index in [0.717, 1.165) is 28.0 Å². The van der Waals surface area contributed by atoms with Crippen molar-refractivity contribution in [2.45, 2.75) is 0 Å². The molecule has 0 aliphatic rings. The van der Waals surface area contributed by atoms with Crippen molar-refractivity contribution in [2.75, 3.05) is 12.8 Å². The molecule has 0 unspecified atom stereocenters. The molecule has 20 heavy (non-hydrogen) atoms. The molecular formula is C16H14N2O2. The summed E-state index contributed by atoms with van der Waals surface area (Å²) in [6, 6.07) is 15.9. The van der Waals surface area contributed by atoms with Gasteiger partial charge < -0.3 is 15.0 Å². The highest BCUT2D eigenvalue weighted by Gasteiger charge is 2.11. The molecular weight excluding hydrogens is 252 g/mol. The molecule has 0 radical (unpaired) electrons. The van der Waals surface area contributed by atoms with Crippen molar-refractivity contribution >= 4 is 5.88 Å². The van der Waals surface area contributed by atoms with Gasteiger partial charge in [-0.1, -0.05) is 41.6 Å². The molecule has 1 heterocycles. The lowest BCUT2D eigenvalue weighted by Crippen LogP contribution is -1.90. The maximum atomic E-state index is 5.77. The number of rotatable bonds is 3. The molecule has 0 atom stereocenters. The standard InChI is InChI=1S/C16H14N2O2/c1-19-15-8-7-12(14-10-18-20-16(14)17)9-13(15)11-5-3-2-4-6-11/h2-10H,17H2,1H3. The Hall–Kier alpha value is -2.75. The molecule has 0 aliphatic heterocycles. The zero-order valence-electron chi connectivity index (χ0n) is 11.0. The van der Waals surface area contributed by atoms with E-state index < -0.39 is 0 Å². The van der Waals surface area contributed by atoms with Crippen LogP contribution in [0.25, 0.3) is 22.3 Å². The van der Waals surface area contributed by atoms with E-state index in [1.165, 1.54) is 0 Å². The monoisotopic (exact) mass is 266 g/mol. The van der Waals surface area contributed by atoms with Crippen LogP contribution in [0.3, 0.4) is 0 Å². The third-order valence-electron chi connectivity index (χ3n) is 3.19. The average Bonchev–Trinajstić information content (AvgIpc) is 2.93. The van der Waals surface area contributed by atoms with Crippen LogP contribution in [-0.2, 0) is 0 Å². The molecule has 0 amide bonds. The zero-order valence-corrected chi connectivity index (χ0v) is 11.0. The molecule has 3 rings (SSSR count). The second-order valence-electron chi connectivity index (χ2n) is 4.38. The predicted octanol–water partition coefficient (Wildman–Crippen LogP) is 3.60. The summed E-state index contributed by atoms with van der Waals surface area (Å²) in [5, 5.41) is 3.71. The van der Waals surface area contributed by atoms with Gasteiger partial charge in [0, 0.05) is 5.56 Å². The minimum Gasteiger partial charge on any atom is -0.496 e. The first-order chi connectivity index (χ1) is 9.79. The van der Waals surface area contributed by atoms with Crippen molar-refractivity contribution in [3.05, 3.63) is 54.7 Å². The average molecular weight is 266 g/mol. The van der Waals surface area contributed by atoms with Gasteiger partial charge in [-0.05, 0) is 23.3 Å². The number of ether oxygens (including phenoxy) is 1. The number of methoxy groups -OCH3 is 1. The van der Waals surface area contributed by atoms with Gasteiger partial charge in [-0.3, -0.25) is 0 Å².